The zero-order chi connectivity index (χ0) is 33.5. The fraction of sp³-hybridized carbons (Fsp3) is 0.441. The third-order valence-corrected chi connectivity index (χ3v) is 9.46. The van der Waals surface area contributed by atoms with Crippen LogP contribution in [-0.2, 0) is 27.5 Å². The van der Waals surface area contributed by atoms with Gasteiger partial charge in [0.25, 0.3) is 0 Å². The molecule has 2 N–H and O–H groups in total. The largest absolute Gasteiger partial charge is 0.444 e. The van der Waals surface area contributed by atoms with Crippen LogP contribution in [0.25, 0.3) is 33.5 Å². The Labute approximate surface area is 282 Å². The summed E-state index contributed by atoms with van der Waals surface area (Å²) in [5, 5.41) is 9.52. The molecule has 4 rings (SSSR count). The number of nitrogens with one attached hydrogen (secondary N) is 1. The Morgan fingerprint density at radius 2 is 1.63 bits per heavy atom. The van der Waals surface area contributed by atoms with Crippen LogP contribution in [0.4, 0.5) is 4.79 Å². The fourth-order valence-electron chi connectivity index (χ4n) is 4.67. The number of halogens is 1. The molecular formula is C34H45ClN4O5SSi. The standard InChI is InChI=1S/C34H45ClN4O5SSi/c1-34(2,3)44-33(41)38(15-17-42-18-16-40)22-24-7-9-25(10-8-24)26-11-13-27(14-12-26)30-28(35)21-29-31(36-30)37-32(45)39(29)23-43-19-20-46(4,5)6/h7-14,21,40H,15-20,22-23H2,1-6H3,(H,36,37,45). The summed E-state index contributed by atoms with van der Waals surface area (Å²) in [6, 6.07) is 19.1. The van der Waals surface area contributed by atoms with Gasteiger partial charge in [0.2, 0.25) is 0 Å². The first-order valence-electron chi connectivity index (χ1n) is 15.5. The third-order valence-electron chi connectivity index (χ3n) is 7.15. The molecule has 2 aromatic carbocycles. The number of aromatic amines is 1. The number of pyridine rings is 1. The molecule has 0 saturated carbocycles. The van der Waals surface area contributed by atoms with Crippen LogP contribution in [0.2, 0.25) is 30.7 Å². The van der Waals surface area contributed by atoms with Gasteiger partial charge in [-0.3, -0.25) is 4.57 Å². The summed E-state index contributed by atoms with van der Waals surface area (Å²) in [5.74, 6) is 0. The van der Waals surface area contributed by atoms with Crippen molar-refractivity contribution in [3.8, 4) is 22.4 Å². The van der Waals surface area contributed by atoms with Crippen molar-refractivity contribution >= 4 is 49.1 Å². The summed E-state index contributed by atoms with van der Waals surface area (Å²) in [7, 11) is -1.18. The first-order chi connectivity index (χ1) is 21.7. The summed E-state index contributed by atoms with van der Waals surface area (Å²) < 4.78 is 19.4. The minimum absolute atomic E-state index is 0.0643. The molecule has 0 aliphatic heterocycles. The quantitative estimate of drug-likeness (QED) is 0.0785. The number of aliphatic hydroxyl groups excluding tert-OH is 1. The number of hydrogen-bond donors (Lipinski definition) is 2. The number of rotatable bonds is 14. The van der Waals surface area contributed by atoms with Crippen molar-refractivity contribution in [1.29, 1.82) is 0 Å². The second kappa shape index (κ2) is 15.7. The average molecular weight is 685 g/mol. The van der Waals surface area contributed by atoms with Gasteiger partial charge in [-0.15, -0.1) is 0 Å². The Hall–Kier alpha value is -3.06. The number of aromatic nitrogens is 3. The Bertz CT molecular complexity index is 1660. The predicted molar refractivity (Wildman–Crippen MR) is 189 cm³/mol. The van der Waals surface area contributed by atoms with Crippen LogP contribution in [0.3, 0.4) is 0 Å². The molecule has 12 heteroatoms. The van der Waals surface area contributed by atoms with E-state index >= 15 is 0 Å². The van der Waals surface area contributed by atoms with Crippen LogP contribution in [0, 0.1) is 4.77 Å². The number of fused-ring (bicyclic) bond motifs is 1. The number of H-pyrrole nitrogens is 1. The molecule has 0 unspecified atom stereocenters. The maximum Gasteiger partial charge on any atom is 0.410 e. The van der Waals surface area contributed by atoms with Crippen LogP contribution in [0.5, 0.6) is 0 Å². The number of imidazole rings is 1. The number of ether oxygens (including phenoxy) is 3. The average Bonchev–Trinajstić information content (AvgIpc) is 3.29. The number of hydrogen-bond acceptors (Lipinski definition) is 7. The van der Waals surface area contributed by atoms with Gasteiger partial charge >= 0.3 is 6.09 Å². The highest BCUT2D eigenvalue weighted by Crippen LogP contribution is 2.31. The number of carbonyl (C=O) groups is 1. The smallest absolute Gasteiger partial charge is 0.410 e. The molecular weight excluding hydrogens is 640 g/mol. The molecule has 0 aliphatic carbocycles. The Morgan fingerprint density at radius 3 is 2.24 bits per heavy atom. The number of carbonyl (C=O) groups excluding carboxylic acids is 1. The van der Waals surface area contributed by atoms with Crippen LogP contribution >= 0.6 is 23.8 Å². The molecule has 1 amide bonds. The van der Waals surface area contributed by atoms with Gasteiger partial charge in [0.15, 0.2) is 10.4 Å². The Morgan fingerprint density at radius 1 is 1.00 bits per heavy atom. The van der Waals surface area contributed by atoms with Crippen molar-refractivity contribution in [2.45, 2.75) is 65.3 Å². The lowest BCUT2D eigenvalue weighted by molar-refractivity contribution is 0.0136. The highest BCUT2D eigenvalue weighted by molar-refractivity contribution is 7.71. The minimum Gasteiger partial charge on any atom is -0.444 e. The van der Waals surface area contributed by atoms with Crippen molar-refractivity contribution in [1.82, 2.24) is 19.4 Å². The van der Waals surface area contributed by atoms with Crippen LogP contribution in [0.15, 0.2) is 54.6 Å². The monoisotopic (exact) mass is 684 g/mol. The van der Waals surface area contributed by atoms with Gasteiger partial charge in [0.05, 0.1) is 36.1 Å². The van der Waals surface area contributed by atoms with Crippen molar-refractivity contribution in [3.05, 3.63) is 70.0 Å². The van der Waals surface area contributed by atoms with Crippen molar-refractivity contribution in [2.24, 2.45) is 0 Å². The van der Waals surface area contributed by atoms with E-state index in [0.717, 1.165) is 33.8 Å². The van der Waals surface area contributed by atoms with Gasteiger partial charge in [-0.05, 0) is 61.8 Å². The van der Waals surface area contributed by atoms with Crippen LogP contribution < -0.4 is 0 Å². The predicted octanol–water partition coefficient (Wildman–Crippen LogP) is 8.14. The lowest BCUT2D eigenvalue weighted by Crippen LogP contribution is -2.38. The molecule has 46 heavy (non-hydrogen) atoms. The number of amides is 1. The van der Waals surface area contributed by atoms with Gasteiger partial charge in [-0.2, -0.15) is 0 Å². The number of aliphatic hydroxyl groups is 1. The molecule has 2 heterocycles. The Kier molecular flexibility index (Phi) is 12.2. The number of benzene rings is 2. The van der Waals surface area contributed by atoms with Crippen molar-refractivity contribution in [2.75, 3.05) is 33.0 Å². The first-order valence-corrected chi connectivity index (χ1v) is 20.0. The highest BCUT2D eigenvalue weighted by Gasteiger charge is 2.22. The highest BCUT2D eigenvalue weighted by atomic mass is 35.5. The van der Waals surface area contributed by atoms with Crippen LogP contribution in [0.1, 0.15) is 26.3 Å². The number of nitrogens with zero attached hydrogens (tertiary/aromatic N) is 3. The van der Waals surface area contributed by atoms with Crippen molar-refractivity contribution in [3.63, 3.8) is 0 Å². The zero-order valence-electron chi connectivity index (χ0n) is 27.6. The Balaban J connectivity index is 1.45. The molecule has 0 bridgehead atoms. The van der Waals surface area contributed by atoms with E-state index in [4.69, 9.17) is 48.1 Å². The summed E-state index contributed by atoms with van der Waals surface area (Å²) in [6.07, 6.45) is -0.408. The lowest BCUT2D eigenvalue weighted by Gasteiger charge is -2.27. The maximum absolute atomic E-state index is 12.8. The normalized spacial score (nSPS) is 12.1. The molecule has 0 atom stereocenters. The SMILES string of the molecule is CC(C)(C)OC(=O)N(CCOCCO)Cc1ccc(-c2ccc(-c3nc4[nH]c(=S)n(COCC[Si](C)(C)C)c4cc3Cl)cc2)cc1. The zero-order valence-corrected chi connectivity index (χ0v) is 30.1. The van der Waals surface area contributed by atoms with Gasteiger partial charge in [-0.1, -0.05) is 79.8 Å². The molecule has 0 fully saturated rings. The summed E-state index contributed by atoms with van der Waals surface area (Å²) in [5.41, 5.74) is 5.46. The summed E-state index contributed by atoms with van der Waals surface area (Å²) in [6.45, 7) is 14.7. The van der Waals surface area contributed by atoms with Crippen LogP contribution in [-0.4, -0.2) is 77.3 Å². The van der Waals surface area contributed by atoms with E-state index in [2.05, 4.69) is 24.6 Å². The molecule has 0 aliphatic rings. The molecule has 0 radical (unpaired) electrons. The van der Waals surface area contributed by atoms with E-state index in [1.165, 1.54) is 0 Å². The van der Waals surface area contributed by atoms with E-state index in [1.54, 1.807) is 4.90 Å². The second-order valence-corrected chi connectivity index (χ2v) is 19.8. The molecule has 2 aromatic heterocycles. The first kappa shape index (κ1) is 35.8. The van der Waals surface area contributed by atoms with E-state index in [1.807, 2.05) is 79.9 Å². The van der Waals surface area contributed by atoms with Gasteiger partial charge in [-0.25, -0.2) is 9.78 Å². The molecule has 0 spiro atoms. The molecule has 248 valence electrons. The van der Waals surface area contributed by atoms with Crippen molar-refractivity contribution < 1.29 is 24.1 Å². The van der Waals surface area contributed by atoms with E-state index in [-0.39, 0.29) is 13.2 Å². The summed E-state index contributed by atoms with van der Waals surface area (Å²) in [4.78, 5) is 22.5. The lowest BCUT2D eigenvalue weighted by atomic mass is 10.0. The van der Waals surface area contributed by atoms with E-state index < -0.39 is 19.8 Å². The second-order valence-electron chi connectivity index (χ2n) is 13.4. The van der Waals surface area contributed by atoms with Gasteiger partial charge < -0.3 is 29.2 Å². The molecule has 0 saturated heterocycles. The molecule has 4 aromatic rings. The van der Waals surface area contributed by atoms with E-state index in [9.17, 15) is 4.79 Å². The fourth-order valence-corrected chi connectivity index (χ4v) is 5.93. The van der Waals surface area contributed by atoms with Gasteiger partial charge in [0.1, 0.15) is 12.3 Å². The topological polar surface area (TPSA) is 102 Å². The molecule has 9 nitrogen and oxygen atoms in total. The summed E-state index contributed by atoms with van der Waals surface area (Å²) >= 11 is 12.3. The van der Waals surface area contributed by atoms with Gasteiger partial charge in [0, 0.05) is 33.3 Å². The minimum atomic E-state index is -1.18. The van der Waals surface area contributed by atoms with E-state index in [0.29, 0.717) is 54.2 Å². The third kappa shape index (κ3) is 10.2. The maximum atomic E-state index is 12.8.